The first-order chi connectivity index (χ1) is 8.16. The number of aryl methyl sites for hydroxylation is 2. The SMILES string of the molecule is Cc1coc(-c2nn(C)c3ncnc(N)c23)c1. The van der Waals surface area contributed by atoms with E-state index in [1.54, 1.807) is 10.9 Å². The van der Waals surface area contributed by atoms with Gasteiger partial charge in [-0.05, 0) is 18.6 Å². The Kier molecular flexibility index (Phi) is 1.91. The van der Waals surface area contributed by atoms with Gasteiger partial charge in [0.05, 0.1) is 11.6 Å². The van der Waals surface area contributed by atoms with Crippen molar-refractivity contribution in [1.29, 1.82) is 0 Å². The maximum atomic E-state index is 5.87. The number of hydrogen-bond acceptors (Lipinski definition) is 5. The molecule has 0 aromatic carbocycles. The summed E-state index contributed by atoms with van der Waals surface area (Å²) in [6.45, 7) is 1.96. The largest absolute Gasteiger partial charge is 0.462 e. The fourth-order valence-electron chi connectivity index (χ4n) is 1.84. The third kappa shape index (κ3) is 1.37. The zero-order valence-electron chi connectivity index (χ0n) is 9.51. The van der Waals surface area contributed by atoms with Gasteiger partial charge in [-0.25, -0.2) is 14.6 Å². The van der Waals surface area contributed by atoms with E-state index >= 15 is 0 Å². The highest BCUT2D eigenvalue weighted by Gasteiger charge is 2.17. The van der Waals surface area contributed by atoms with Crippen LogP contribution in [0.5, 0.6) is 0 Å². The van der Waals surface area contributed by atoms with E-state index in [1.165, 1.54) is 6.33 Å². The minimum atomic E-state index is 0.409. The van der Waals surface area contributed by atoms with Crippen LogP contribution < -0.4 is 5.73 Å². The van der Waals surface area contributed by atoms with E-state index in [0.29, 0.717) is 22.9 Å². The Hall–Kier alpha value is -2.37. The standard InChI is InChI=1S/C11H11N5O/c1-6-3-7(17-4-6)9-8-10(12)13-5-14-11(8)16(2)15-9/h3-5H,1-2H3,(H2,12,13,14). The van der Waals surface area contributed by atoms with Gasteiger partial charge in [0.15, 0.2) is 11.4 Å². The average Bonchev–Trinajstić information content (AvgIpc) is 2.85. The van der Waals surface area contributed by atoms with Gasteiger partial charge in [-0.3, -0.25) is 0 Å². The van der Waals surface area contributed by atoms with Crippen molar-refractivity contribution in [2.75, 3.05) is 5.73 Å². The van der Waals surface area contributed by atoms with Crippen molar-refractivity contribution in [2.24, 2.45) is 7.05 Å². The second-order valence-corrected chi connectivity index (χ2v) is 3.92. The summed E-state index contributed by atoms with van der Waals surface area (Å²) in [6.07, 6.45) is 3.10. The summed E-state index contributed by atoms with van der Waals surface area (Å²) < 4.78 is 7.11. The molecule has 3 aromatic rings. The van der Waals surface area contributed by atoms with E-state index in [1.807, 2.05) is 20.0 Å². The van der Waals surface area contributed by atoms with E-state index in [-0.39, 0.29) is 0 Å². The smallest absolute Gasteiger partial charge is 0.163 e. The number of furan rings is 1. The number of aromatic nitrogens is 4. The quantitative estimate of drug-likeness (QED) is 0.683. The summed E-state index contributed by atoms with van der Waals surface area (Å²) in [5.74, 6) is 1.08. The number of anilines is 1. The Morgan fingerprint density at radius 1 is 1.35 bits per heavy atom. The number of rotatable bonds is 1. The van der Waals surface area contributed by atoms with E-state index in [0.717, 1.165) is 10.9 Å². The molecule has 0 unspecified atom stereocenters. The molecule has 6 nitrogen and oxygen atoms in total. The Balaban J connectivity index is 2.37. The lowest BCUT2D eigenvalue weighted by Crippen LogP contribution is -1.95. The van der Waals surface area contributed by atoms with Gasteiger partial charge < -0.3 is 10.2 Å². The van der Waals surface area contributed by atoms with Crippen molar-refractivity contribution in [3.05, 3.63) is 24.2 Å². The number of nitrogen functional groups attached to an aromatic ring is 1. The molecular formula is C11H11N5O. The normalized spacial score (nSPS) is 11.2. The van der Waals surface area contributed by atoms with Crippen molar-refractivity contribution in [1.82, 2.24) is 19.7 Å². The summed E-state index contributed by atoms with van der Waals surface area (Å²) in [5, 5.41) is 5.10. The van der Waals surface area contributed by atoms with Crippen LogP contribution in [0.2, 0.25) is 0 Å². The lowest BCUT2D eigenvalue weighted by molar-refractivity contribution is 0.576. The topological polar surface area (TPSA) is 82.8 Å². The van der Waals surface area contributed by atoms with E-state index in [9.17, 15) is 0 Å². The van der Waals surface area contributed by atoms with Crippen LogP contribution in [0.25, 0.3) is 22.5 Å². The Morgan fingerprint density at radius 3 is 2.88 bits per heavy atom. The molecular weight excluding hydrogens is 218 g/mol. The lowest BCUT2D eigenvalue weighted by Gasteiger charge is -1.95. The predicted octanol–water partition coefficient (Wildman–Crippen LogP) is 1.51. The molecule has 6 heteroatoms. The van der Waals surface area contributed by atoms with Gasteiger partial charge in [0.2, 0.25) is 0 Å². The molecule has 0 spiro atoms. The van der Waals surface area contributed by atoms with Crippen LogP contribution in [0.4, 0.5) is 5.82 Å². The fraction of sp³-hybridized carbons (Fsp3) is 0.182. The molecule has 0 atom stereocenters. The Labute approximate surface area is 97.1 Å². The minimum Gasteiger partial charge on any atom is -0.462 e. The molecule has 3 rings (SSSR count). The van der Waals surface area contributed by atoms with Crippen molar-refractivity contribution in [3.8, 4) is 11.5 Å². The van der Waals surface area contributed by atoms with Crippen LogP contribution in [0.3, 0.4) is 0 Å². The van der Waals surface area contributed by atoms with Crippen LogP contribution in [0, 0.1) is 6.92 Å². The molecule has 17 heavy (non-hydrogen) atoms. The van der Waals surface area contributed by atoms with Gasteiger partial charge >= 0.3 is 0 Å². The minimum absolute atomic E-state index is 0.409. The van der Waals surface area contributed by atoms with Crippen LogP contribution in [-0.4, -0.2) is 19.7 Å². The lowest BCUT2D eigenvalue weighted by atomic mass is 10.2. The highest BCUT2D eigenvalue weighted by Crippen LogP contribution is 2.30. The second-order valence-electron chi connectivity index (χ2n) is 3.92. The molecule has 0 bridgehead atoms. The molecule has 3 aromatic heterocycles. The molecule has 0 radical (unpaired) electrons. The first-order valence-corrected chi connectivity index (χ1v) is 5.15. The van der Waals surface area contributed by atoms with Crippen molar-refractivity contribution in [2.45, 2.75) is 6.92 Å². The molecule has 0 aliphatic heterocycles. The molecule has 2 N–H and O–H groups in total. The van der Waals surface area contributed by atoms with Crippen molar-refractivity contribution < 1.29 is 4.42 Å². The van der Waals surface area contributed by atoms with E-state index < -0.39 is 0 Å². The van der Waals surface area contributed by atoms with Crippen LogP contribution in [0.1, 0.15) is 5.56 Å². The van der Waals surface area contributed by atoms with E-state index in [2.05, 4.69) is 15.1 Å². The highest BCUT2D eigenvalue weighted by molar-refractivity contribution is 5.97. The Morgan fingerprint density at radius 2 is 2.18 bits per heavy atom. The first-order valence-electron chi connectivity index (χ1n) is 5.15. The van der Waals surface area contributed by atoms with Crippen LogP contribution in [0.15, 0.2) is 23.1 Å². The summed E-state index contributed by atoms with van der Waals surface area (Å²) in [5.41, 5.74) is 8.28. The Bertz CT molecular complexity index is 697. The second kappa shape index (κ2) is 3.31. The highest BCUT2D eigenvalue weighted by atomic mass is 16.3. The van der Waals surface area contributed by atoms with Crippen molar-refractivity contribution >= 4 is 16.9 Å². The molecule has 0 saturated heterocycles. The molecule has 3 heterocycles. The number of hydrogen-bond donors (Lipinski definition) is 1. The fourth-order valence-corrected chi connectivity index (χ4v) is 1.84. The number of nitrogens with zero attached hydrogens (tertiary/aromatic N) is 4. The van der Waals surface area contributed by atoms with Gasteiger partial charge in [0, 0.05) is 7.05 Å². The predicted molar refractivity (Wildman–Crippen MR) is 63.2 cm³/mol. The third-order valence-corrected chi connectivity index (χ3v) is 2.61. The van der Waals surface area contributed by atoms with Crippen LogP contribution >= 0.6 is 0 Å². The molecule has 0 amide bonds. The zero-order valence-corrected chi connectivity index (χ0v) is 9.51. The summed E-state index contributed by atoms with van der Waals surface area (Å²) in [4.78, 5) is 8.15. The monoisotopic (exact) mass is 229 g/mol. The molecule has 0 aliphatic rings. The molecule has 0 saturated carbocycles. The van der Waals surface area contributed by atoms with Gasteiger partial charge in [-0.1, -0.05) is 0 Å². The third-order valence-electron chi connectivity index (χ3n) is 2.61. The van der Waals surface area contributed by atoms with Gasteiger partial charge in [-0.2, -0.15) is 5.10 Å². The average molecular weight is 229 g/mol. The molecule has 0 fully saturated rings. The van der Waals surface area contributed by atoms with Crippen LogP contribution in [-0.2, 0) is 7.05 Å². The molecule has 0 aliphatic carbocycles. The summed E-state index contributed by atoms with van der Waals surface area (Å²) >= 11 is 0. The van der Waals surface area contributed by atoms with E-state index in [4.69, 9.17) is 10.2 Å². The van der Waals surface area contributed by atoms with Gasteiger partial charge in [0.25, 0.3) is 0 Å². The zero-order chi connectivity index (χ0) is 12.0. The number of fused-ring (bicyclic) bond motifs is 1. The number of nitrogens with two attached hydrogens (primary N) is 1. The maximum absolute atomic E-state index is 5.87. The first kappa shape index (κ1) is 9.83. The summed E-state index contributed by atoms with van der Waals surface area (Å²) in [6, 6.07) is 1.91. The molecule has 86 valence electrons. The summed E-state index contributed by atoms with van der Waals surface area (Å²) in [7, 11) is 1.81. The van der Waals surface area contributed by atoms with Crippen molar-refractivity contribution in [3.63, 3.8) is 0 Å². The maximum Gasteiger partial charge on any atom is 0.163 e. The van der Waals surface area contributed by atoms with Gasteiger partial charge in [-0.15, -0.1) is 0 Å². The van der Waals surface area contributed by atoms with Gasteiger partial charge in [0.1, 0.15) is 17.8 Å².